The van der Waals surface area contributed by atoms with Crippen LogP contribution in [0.25, 0.3) is 0 Å². The summed E-state index contributed by atoms with van der Waals surface area (Å²) in [5.41, 5.74) is 1.77. The number of nitriles is 1. The first-order valence-corrected chi connectivity index (χ1v) is 7.23. The SMILES string of the molecule is CN(C(=O)c1snnc1C(C)(C)C)c1ccc(C#N)cc1. The molecule has 1 aromatic heterocycles. The fourth-order valence-corrected chi connectivity index (χ4v) is 2.70. The Morgan fingerprint density at radius 3 is 2.43 bits per heavy atom. The van der Waals surface area contributed by atoms with Gasteiger partial charge < -0.3 is 4.90 Å². The third-order valence-corrected chi connectivity index (χ3v) is 3.79. The van der Waals surface area contributed by atoms with Crippen LogP contribution in [-0.4, -0.2) is 22.5 Å². The molecule has 108 valence electrons. The molecule has 0 unspecified atom stereocenters. The van der Waals surface area contributed by atoms with Gasteiger partial charge in [-0.15, -0.1) is 5.10 Å². The van der Waals surface area contributed by atoms with Gasteiger partial charge in [-0.2, -0.15) is 5.26 Å². The molecule has 2 rings (SSSR count). The van der Waals surface area contributed by atoms with E-state index in [0.717, 1.165) is 17.2 Å². The van der Waals surface area contributed by atoms with E-state index in [1.165, 1.54) is 0 Å². The van der Waals surface area contributed by atoms with Crippen molar-refractivity contribution in [1.82, 2.24) is 9.59 Å². The molecule has 1 heterocycles. The first kappa shape index (κ1) is 15.1. The van der Waals surface area contributed by atoms with E-state index in [2.05, 4.69) is 15.7 Å². The van der Waals surface area contributed by atoms with Gasteiger partial charge in [0.15, 0.2) is 0 Å². The minimum absolute atomic E-state index is 0.139. The van der Waals surface area contributed by atoms with Crippen molar-refractivity contribution in [3.05, 3.63) is 40.4 Å². The second kappa shape index (κ2) is 5.62. The van der Waals surface area contributed by atoms with E-state index in [0.29, 0.717) is 16.1 Å². The minimum atomic E-state index is -0.233. The van der Waals surface area contributed by atoms with Crippen LogP contribution in [0.2, 0.25) is 0 Å². The van der Waals surface area contributed by atoms with Gasteiger partial charge in [-0.05, 0) is 35.8 Å². The molecule has 0 aliphatic heterocycles. The van der Waals surface area contributed by atoms with Crippen LogP contribution in [0.3, 0.4) is 0 Å². The summed E-state index contributed by atoms with van der Waals surface area (Å²) >= 11 is 1.11. The smallest absolute Gasteiger partial charge is 0.271 e. The zero-order valence-corrected chi connectivity index (χ0v) is 13.2. The van der Waals surface area contributed by atoms with Crippen LogP contribution in [0.15, 0.2) is 24.3 Å². The highest BCUT2D eigenvalue weighted by atomic mass is 32.1. The Labute approximate surface area is 128 Å². The van der Waals surface area contributed by atoms with Crippen molar-refractivity contribution in [2.75, 3.05) is 11.9 Å². The van der Waals surface area contributed by atoms with E-state index in [4.69, 9.17) is 5.26 Å². The molecule has 0 N–H and O–H groups in total. The Bertz CT molecular complexity index is 692. The van der Waals surface area contributed by atoms with Crippen molar-refractivity contribution in [3.63, 3.8) is 0 Å². The Morgan fingerprint density at radius 1 is 1.29 bits per heavy atom. The molecule has 0 fully saturated rings. The van der Waals surface area contributed by atoms with Gasteiger partial charge in [0.25, 0.3) is 5.91 Å². The predicted molar refractivity (Wildman–Crippen MR) is 82.5 cm³/mol. The van der Waals surface area contributed by atoms with Crippen LogP contribution >= 0.6 is 11.5 Å². The number of benzene rings is 1. The number of carbonyl (C=O) groups is 1. The Hall–Kier alpha value is -2.26. The van der Waals surface area contributed by atoms with Gasteiger partial charge in [0, 0.05) is 18.2 Å². The quantitative estimate of drug-likeness (QED) is 0.855. The largest absolute Gasteiger partial charge is 0.311 e. The van der Waals surface area contributed by atoms with Crippen LogP contribution in [0.5, 0.6) is 0 Å². The fourth-order valence-electron chi connectivity index (χ4n) is 1.85. The zero-order valence-electron chi connectivity index (χ0n) is 12.4. The highest BCUT2D eigenvalue weighted by Crippen LogP contribution is 2.27. The third-order valence-electron chi connectivity index (χ3n) is 3.08. The van der Waals surface area contributed by atoms with Gasteiger partial charge in [-0.3, -0.25) is 4.79 Å². The number of nitrogens with zero attached hydrogens (tertiary/aromatic N) is 4. The highest BCUT2D eigenvalue weighted by molar-refractivity contribution is 7.08. The van der Waals surface area contributed by atoms with Gasteiger partial charge in [0.2, 0.25) is 0 Å². The lowest BCUT2D eigenvalue weighted by Gasteiger charge is -2.20. The third kappa shape index (κ3) is 3.09. The summed E-state index contributed by atoms with van der Waals surface area (Å²) in [6.07, 6.45) is 0. The second-order valence-corrected chi connectivity index (χ2v) is 6.48. The van der Waals surface area contributed by atoms with Crippen molar-refractivity contribution >= 4 is 23.1 Å². The fraction of sp³-hybridized carbons (Fsp3) is 0.333. The number of carbonyl (C=O) groups excluding carboxylic acids is 1. The average Bonchev–Trinajstić information content (AvgIpc) is 2.95. The number of hydrogen-bond donors (Lipinski definition) is 0. The van der Waals surface area contributed by atoms with Crippen molar-refractivity contribution in [3.8, 4) is 6.07 Å². The van der Waals surface area contributed by atoms with Crippen LogP contribution < -0.4 is 4.90 Å². The van der Waals surface area contributed by atoms with Crippen LogP contribution in [0, 0.1) is 11.3 Å². The standard InChI is InChI=1S/C15H16N4OS/c1-15(2,3)13-12(21-18-17-13)14(20)19(4)11-7-5-10(9-16)6-8-11/h5-8H,1-4H3. The molecule has 2 aromatic rings. The lowest BCUT2D eigenvalue weighted by atomic mass is 9.91. The molecule has 0 aliphatic rings. The molecule has 0 saturated heterocycles. The first-order valence-electron chi connectivity index (χ1n) is 6.45. The van der Waals surface area contributed by atoms with Crippen molar-refractivity contribution < 1.29 is 4.79 Å². The molecule has 0 aliphatic carbocycles. The normalized spacial score (nSPS) is 11.0. The summed E-state index contributed by atoms with van der Waals surface area (Å²) in [4.78, 5) is 14.7. The van der Waals surface area contributed by atoms with E-state index < -0.39 is 0 Å². The summed E-state index contributed by atoms with van der Waals surface area (Å²) in [7, 11) is 1.70. The van der Waals surface area contributed by atoms with Crippen LogP contribution in [-0.2, 0) is 5.41 Å². The predicted octanol–water partition coefficient (Wildman–Crippen LogP) is 2.98. The molecule has 1 amide bonds. The molecular weight excluding hydrogens is 284 g/mol. The van der Waals surface area contributed by atoms with E-state index in [1.54, 1.807) is 36.2 Å². The summed E-state index contributed by atoms with van der Waals surface area (Å²) < 4.78 is 3.91. The Balaban J connectivity index is 2.31. The Morgan fingerprint density at radius 2 is 1.90 bits per heavy atom. The lowest BCUT2D eigenvalue weighted by molar-refractivity contribution is 0.0994. The Kier molecular flexibility index (Phi) is 4.05. The lowest BCUT2D eigenvalue weighted by Crippen LogP contribution is -2.28. The maximum Gasteiger partial charge on any atom is 0.271 e. The summed E-state index contributed by atoms with van der Waals surface area (Å²) in [5.74, 6) is -0.139. The van der Waals surface area contributed by atoms with Gasteiger partial charge in [-0.1, -0.05) is 25.3 Å². The molecule has 5 nitrogen and oxygen atoms in total. The van der Waals surface area contributed by atoms with Gasteiger partial charge >= 0.3 is 0 Å². The van der Waals surface area contributed by atoms with Crippen molar-refractivity contribution in [1.29, 1.82) is 5.26 Å². The van der Waals surface area contributed by atoms with E-state index in [9.17, 15) is 4.79 Å². The maximum atomic E-state index is 12.6. The van der Waals surface area contributed by atoms with Crippen LogP contribution in [0.1, 0.15) is 41.7 Å². The number of aromatic nitrogens is 2. The molecule has 0 saturated carbocycles. The van der Waals surface area contributed by atoms with Crippen molar-refractivity contribution in [2.45, 2.75) is 26.2 Å². The minimum Gasteiger partial charge on any atom is -0.311 e. The molecular formula is C15H16N4OS. The molecule has 0 bridgehead atoms. The average molecular weight is 300 g/mol. The van der Waals surface area contributed by atoms with E-state index in [1.807, 2.05) is 20.8 Å². The van der Waals surface area contributed by atoms with E-state index in [-0.39, 0.29) is 11.3 Å². The first-order chi connectivity index (χ1) is 9.84. The van der Waals surface area contributed by atoms with Crippen molar-refractivity contribution in [2.24, 2.45) is 0 Å². The van der Waals surface area contributed by atoms with E-state index >= 15 is 0 Å². The maximum absolute atomic E-state index is 12.6. The molecule has 6 heteroatoms. The molecule has 0 spiro atoms. The van der Waals surface area contributed by atoms with Crippen LogP contribution in [0.4, 0.5) is 5.69 Å². The molecule has 0 radical (unpaired) electrons. The monoisotopic (exact) mass is 300 g/mol. The zero-order chi connectivity index (χ0) is 15.6. The molecule has 1 aromatic carbocycles. The number of hydrogen-bond acceptors (Lipinski definition) is 5. The van der Waals surface area contributed by atoms with Gasteiger partial charge in [0.05, 0.1) is 17.3 Å². The second-order valence-electron chi connectivity index (χ2n) is 5.72. The molecule has 0 atom stereocenters. The highest BCUT2D eigenvalue weighted by Gasteiger charge is 2.28. The van der Waals surface area contributed by atoms with Gasteiger partial charge in [0.1, 0.15) is 4.88 Å². The number of amides is 1. The molecule has 21 heavy (non-hydrogen) atoms. The number of rotatable bonds is 2. The topological polar surface area (TPSA) is 69.9 Å². The van der Waals surface area contributed by atoms with Gasteiger partial charge in [-0.25, -0.2) is 0 Å². The summed E-state index contributed by atoms with van der Waals surface area (Å²) in [6, 6.07) is 8.94. The summed E-state index contributed by atoms with van der Waals surface area (Å²) in [5, 5.41) is 12.9. The number of anilines is 1. The summed E-state index contributed by atoms with van der Waals surface area (Å²) in [6.45, 7) is 6.01.